The number of aromatic amines is 1. The Morgan fingerprint density at radius 1 is 0.958 bits per heavy atom. The van der Waals surface area contributed by atoms with E-state index in [0.29, 0.717) is 22.1 Å². The number of primary sulfonamides is 1. The van der Waals surface area contributed by atoms with E-state index < -0.39 is 27.8 Å². The van der Waals surface area contributed by atoms with Gasteiger partial charge in [-0.15, -0.1) is 11.8 Å². The molecule has 0 spiro atoms. The highest BCUT2D eigenvalue weighted by molar-refractivity contribution is 8.00. The fourth-order valence-electron chi connectivity index (χ4n) is 8.08. The average Bonchev–Trinajstić information content (AvgIpc) is 3.79. The summed E-state index contributed by atoms with van der Waals surface area (Å²) in [6, 6.07) is 19.7. The number of benzene rings is 3. The van der Waals surface area contributed by atoms with Crippen molar-refractivity contribution < 1.29 is 27.5 Å². The quantitative estimate of drug-likeness (QED) is 0.236. The molecule has 2 saturated carbocycles. The van der Waals surface area contributed by atoms with Gasteiger partial charge in [0.15, 0.2) is 6.61 Å². The van der Waals surface area contributed by atoms with E-state index in [1.807, 2.05) is 12.1 Å². The molecule has 4 aliphatic rings. The summed E-state index contributed by atoms with van der Waals surface area (Å²) in [5.74, 6) is -1.26. The van der Waals surface area contributed by atoms with Crippen molar-refractivity contribution in [2.45, 2.75) is 27.5 Å². The molecule has 6 unspecified atom stereocenters. The number of rotatable bonds is 7. The van der Waals surface area contributed by atoms with Crippen LogP contribution in [0.3, 0.4) is 0 Å². The van der Waals surface area contributed by atoms with E-state index in [-0.39, 0.29) is 57.1 Å². The van der Waals surface area contributed by atoms with Gasteiger partial charge >= 0.3 is 4.87 Å². The number of aromatic nitrogens is 1. The first-order chi connectivity index (χ1) is 23.0. The number of carbonyl (C=O) groups is 3. The van der Waals surface area contributed by atoms with Crippen molar-refractivity contribution in [2.75, 3.05) is 16.8 Å². The zero-order chi connectivity index (χ0) is 33.5. The SMILES string of the molecule is NS(=O)(=O)c1ccc(NC(=O)COc2ccc([C@H]3c4sc(=O)[nH]c4SC4C5CC(C6C(=O)N(c7ccc(Cl)cc7)C(=O)C56)C43)cc2)cc1. The maximum atomic E-state index is 13.9. The van der Waals surface area contributed by atoms with Gasteiger partial charge in [0.25, 0.3) is 5.91 Å². The fraction of sp³-hybridized carbons (Fsp3) is 0.273. The van der Waals surface area contributed by atoms with Gasteiger partial charge in [-0.25, -0.2) is 13.6 Å². The first-order valence-corrected chi connectivity index (χ1v) is 18.8. The first kappa shape index (κ1) is 31.3. The van der Waals surface area contributed by atoms with Crippen molar-refractivity contribution in [1.82, 2.24) is 4.98 Å². The molecule has 4 N–H and O–H groups in total. The second kappa shape index (κ2) is 11.6. The number of hydrogen-bond acceptors (Lipinski definition) is 9. The van der Waals surface area contributed by atoms with Crippen LogP contribution in [-0.4, -0.2) is 43.0 Å². The van der Waals surface area contributed by atoms with E-state index in [9.17, 15) is 27.6 Å². The number of nitrogens with one attached hydrogen (secondary N) is 2. The summed E-state index contributed by atoms with van der Waals surface area (Å²) in [6.07, 6.45) is 0.778. The molecule has 48 heavy (non-hydrogen) atoms. The number of hydrogen-bond donors (Lipinski definition) is 3. The molecule has 2 aliphatic heterocycles. The molecular weight excluding hydrogens is 696 g/mol. The molecule has 4 aromatic rings. The van der Waals surface area contributed by atoms with Crippen molar-refractivity contribution >= 4 is 73.8 Å². The highest BCUT2D eigenvalue weighted by Crippen LogP contribution is 2.68. The van der Waals surface area contributed by atoms with Gasteiger partial charge in [0.1, 0.15) is 5.75 Å². The molecule has 0 radical (unpaired) electrons. The zero-order valence-electron chi connectivity index (χ0n) is 24.9. The van der Waals surface area contributed by atoms with Gasteiger partial charge in [0, 0.05) is 26.8 Å². The number of halogens is 1. The number of imide groups is 1. The number of thiazole rings is 1. The van der Waals surface area contributed by atoms with Crippen LogP contribution in [0, 0.1) is 29.6 Å². The summed E-state index contributed by atoms with van der Waals surface area (Å²) in [4.78, 5) is 57.9. The van der Waals surface area contributed by atoms with Gasteiger partial charge in [0.05, 0.1) is 27.4 Å². The van der Waals surface area contributed by atoms with Crippen LogP contribution in [0.15, 0.2) is 87.5 Å². The molecule has 1 aromatic heterocycles. The van der Waals surface area contributed by atoms with Gasteiger partial charge in [-0.3, -0.25) is 24.1 Å². The number of amides is 3. The lowest BCUT2D eigenvalue weighted by Gasteiger charge is -2.43. The standard InChI is InChI=1S/C33H27ClN4O7S3/c34-16-3-7-18(8-4-16)38-31(40)26-21-13-22(27(26)32(38)41)28-25(21)24(29-30(46-28)37-33(42)47-29)15-1-9-19(10-2-15)45-14-23(39)36-17-5-11-20(12-6-17)48(35,43)44/h1-12,21-22,24-28H,13-14H2,(H,36,39)(H,37,42)(H2,35,43,44)/t21?,22?,24-,25?,26?,27?,28?/m1/s1. The predicted molar refractivity (Wildman–Crippen MR) is 181 cm³/mol. The molecule has 3 fully saturated rings. The number of anilines is 2. The third-order valence-electron chi connectivity index (χ3n) is 9.88. The number of ether oxygens (including phenoxy) is 1. The predicted octanol–water partition coefficient (Wildman–Crippen LogP) is 4.43. The molecule has 3 aromatic carbocycles. The Balaban J connectivity index is 1.02. The number of H-pyrrole nitrogens is 1. The number of sulfonamides is 1. The maximum Gasteiger partial charge on any atom is 0.305 e. The van der Waals surface area contributed by atoms with Crippen LogP contribution in [0.1, 0.15) is 22.8 Å². The van der Waals surface area contributed by atoms with Crippen LogP contribution in [0.25, 0.3) is 0 Å². The summed E-state index contributed by atoms with van der Waals surface area (Å²) >= 11 is 8.89. The molecule has 1 saturated heterocycles. The Labute approximate surface area is 287 Å². The van der Waals surface area contributed by atoms with Crippen molar-refractivity contribution in [3.8, 4) is 5.75 Å². The molecule has 2 bridgehead atoms. The van der Waals surface area contributed by atoms with Crippen LogP contribution in [0.5, 0.6) is 5.75 Å². The monoisotopic (exact) mass is 722 g/mol. The number of fused-ring (bicyclic) bond motifs is 9. The normalized spacial score (nSPS) is 27.0. The van der Waals surface area contributed by atoms with E-state index in [1.165, 1.54) is 40.5 Å². The number of nitrogens with two attached hydrogens (primary N) is 1. The van der Waals surface area contributed by atoms with E-state index in [4.69, 9.17) is 21.5 Å². The number of thioether (sulfide) groups is 1. The highest BCUT2D eigenvalue weighted by atomic mass is 35.5. The molecule has 7 atom stereocenters. The van der Waals surface area contributed by atoms with Gasteiger partial charge in [-0.1, -0.05) is 35.1 Å². The topological polar surface area (TPSA) is 169 Å². The Hall–Kier alpha value is -3.95. The van der Waals surface area contributed by atoms with Gasteiger partial charge in [-0.2, -0.15) is 0 Å². The first-order valence-electron chi connectivity index (χ1n) is 15.2. The minimum Gasteiger partial charge on any atom is -0.484 e. The van der Waals surface area contributed by atoms with Crippen molar-refractivity contribution in [3.63, 3.8) is 0 Å². The Morgan fingerprint density at radius 2 is 1.62 bits per heavy atom. The second-order valence-electron chi connectivity index (χ2n) is 12.4. The number of carbonyl (C=O) groups excluding carboxylic acids is 3. The lowest BCUT2D eigenvalue weighted by Crippen LogP contribution is -2.42. The molecule has 11 nitrogen and oxygen atoms in total. The fourth-order valence-corrected chi connectivity index (χ4v) is 11.6. The highest BCUT2D eigenvalue weighted by Gasteiger charge is 2.69. The smallest absolute Gasteiger partial charge is 0.305 e. The number of nitrogens with zero attached hydrogens (tertiary/aromatic N) is 1. The van der Waals surface area contributed by atoms with E-state index in [2.05, 4.69) is 10.3 Å². The maximum absolute atomic E-state index is 13.9. The van der Waals surface area contributed by atoms with E-state index >= 15 is 0 Å². The van der Waals surface area contributed by atoms with Crippen molar-refractivity contribution in [1.29, 1.82) is 0 Å². The summed E-state index contributed by atoms with van der Waals surface area (Å²) < 4.78 is 28.7. The van der Waals surface area contributed by atoms with Crippen LogP contribution >= 0.6 is 34.7 Å². The summed E-state index contributed by atoms with van der Waals surface area (Å²) in [7, 11) is -3.84. The molecule has 3 heterocycles. The van der Waals surface area contributed by atoms with Gasteiger partial charge in [0.2, 0.25) is 21.8 Å². The van der Waals surface area contributed by atoms with E-state index in [1.54, 1.807) is 48.2 Å². The minimum absolute atomic E-state index is 0.000155. The van der Waals surface area contributed by atoms with Gasteiger partial charge in [-0.05, 0) is 90.4 Å². The molecule has 2 aliphatic carbocycles. The largest absolute Gasteiger partial charge is 0.484 e. The Morgan fingerprint density at radius 3 is 2.29 bits per heavy atom. The molecule has 3 amide bonds. The lowest BCUT2D eigenvalue weighted by atomic mass is 9.68. The van der Waals surface area contributed by atoms with Crippen molar-refractivity contribution in [3.05, 3.63) is 97.9 Å². The Kier molecular flexibility index (Phi) is 7.56. The third kappa shape index (κ3) is 5.17. The molecule has 246 valence electrons. The second-order valence-corrected chi connectivity index (χ2v) is 16.6. The van der Waals surface area contributed by atoms with Crippen molar-refractivity contribution in [2.24, 2.45) is 34.7 Å². The third-order valence-corrected chi connectivity index (χ3v) is 13.7. The zero-order valence-corrected chi connectivity index (χ0v) is 28.1. The summed E-state index contributed by atoms with van der Waals surface area (Å²) in [5.41, 5.74) is 1.89. The average molecular weight is 723 g/mol. The molecule has 15 heteroatoms. The van der Waals surface area contributed by atoms with Crippen LogP contribution in [0.4, 0.5) is 11.4 Å². The minimum atomic E-state index is -3.84. The van der Waals surface area contributed by atoms with Crippen LogP contribution in [-0.2, 0) is 24.4 Å². The van der Waals surface area contributed by atoms with Crippen LogP contribution < -0.4 is 25.0 Å². The molecular formula is C33H27ClN4O7S3. The Bertz CT molecular complexity index is 2130. The van der Waals surface area contributed by atoms with Crippen LogP contribution in [0.2, 0.25) is 5.02 Å². The van der Waals surface area contributed by atoms with Gasteiger partial charge < -0.3 is 15.0 Å². The summed E-state index contributed by atoms with van der Waals surface area (Å²) in [5, 5.41) is 9.18. The lowest BCUT2D eigenvalue weighted by molar-refractivity contribution is -0.123. The molecule has 8 rings (SSSR count). The van der Waals surface area contributed by atoms with E-state index in [0.717, 1.165) is 21.9 Å². The summed E-state index contributed by atoms with van der Waals surface area (Å²) in [6.45, 7) is -0.280.